The Morgan fingerprint density at radius 2 is 1.84 bits per heavy atom. The van der Waals surface area contributed by atoms with Crippen LogP contribution in [0, 0.1) is 5.92 Å². The van der Waals surface area contributed by atoms with Gasteiger partial charge in [0, 0.05) is 44.6 Å². The van der Waals surface area contributed by atoms with Gasteiger partial charge in [0.25, 0.3) is 0 Å². The lowest BCUT2D eigenvalue weighted by Crippen LogP contribution is -2.36. The minimum absolute atomic E-state index is 0.376. The Kier molecular flexibility index (Phi) is 7.00. The van der Waals surface area contributed by atoms with Gasteiger partial charge in [-0.15, -0.1) is 10.2 Å². The molecular formula is C22H30N6O3S. The fraction of sp³-hybridized carbons (Fsp3) is 0.545. The highest BCUT2D eigenvalue weighted by Gasteiger charge is 2.23. The first kappa shape index (κ1) is 22.6. The van der Waals surface area contributed by atoms with E-state index >= 15 is 0 Å². The molecule has 2 aliphatic heterocycles. The SMILES string of the molecule is CCc1cnc(N2CCC(COc3ccc(C4=CCN(S(C)(=O)=O)CC4)nn3)CC2)nc1. The molecule has 0 aromatic carbocycles. The van der Waals surface area contributed by atoms with E-state index < -0.39 is 10.0 Å². The zero-order chi connectivity index (χ0) is 22.6. The molecule has 9 nitrogen and oxygen atoms in total. The smallest absolute Gasteiger partial charge is 0.233 e. The Morgan fingerprint density at radius 1 is 1.09 bits per heavy atom. The minimum Gasteiger partial charge on any atom is -0.476 e. The Bertz CT molecular complexity index is 1030. The standard InChI is InChI=1S/C22H30N6O3S/c1-3-17-14-23-22(24-15-17)27-10-6-18(7-11-27)16-31-21-5-4-20(25-26-21)19-8-12-28(13-9-19)32(2,29)30/h4-5,8,14-15,18H,3,6-7,9-13,16H2,1-2H3. The molecule has 0 spiro atoms. The van der Waals surface area contributed by atoms with Crippen LogP contribution in [-0.2, 0) is 16.4 Å². The maximum atomic E-state index is 11.6. The molecule has 32 heavy (non-hydrogen) atoms. The van der Waals surface area contributed by atoms with Gasteiger partial charge in [0.05, 0.1) is 18.6 Å². The average molecular weight is 459 g/mol. The molecule has 0 unspecified atom stereocenters. The number of hydrogen-bond donors (Lipinski definition) is 0. The highest BCUT2D eigenvalue weighted by molar-refractivity contribution is 7.88. The molecule has 2 aromatic heterocycles. The zero-order valence-electron chi connectivity index (χ0n) is 18.6. The van der Waals surface area contributed by atoms with Crippen molar-refractivity contribution in [1.82, 2.24) is 24.5 Å². The largest absolute Gasteiger partial charge is 0.476 e. The topological polar surface area (TPSA) is 101 Å². The molecule has 4 rings (SSSR count). The summed E-state index contributed by atoms with van der Waals surface area (Å²) in [5, 5.41) is 8.49. The number of anilines is 1. The molecule has 2 aromatic rings. The lowest BCUT2D eigenvalue weighted by atomic mass is 9.98. The monoisotopic (exact) mass is 458 g/mol. The van der Waals surface area contributed by atoms with Crippen LogP contribution in [0.4, 0.5) is 5.95 Å². The number of hydrogen-bond acceptors (Lipinski definition) is 8. The van der Waals surface area contributed by atoms with Crippen molar-refractivity contribution in [3.8, 4) is 5.88 Å². The van der Waals surface area contributed by atoms with Crippen LogP contribution in [0.15, 0.2) is 30.6 Å². The summed E-state index contributed by atoms with van der Waals surface area (Å²) in [7, 11) is -3.16. The van der Waals surface area contributed by atoms with Crippen molar-refractivity contribution in [1.29, 1.82) is 0 Å². The van der Waals surface area contributed by atoms with E-state index in [1.165, 1.54) is 10.6 Å². The summed E-state index contributed by atoms with van der Waals surface area (Å²) in [5.41, 5.74) is 2.94. The molecule has 10 heteroatoms. The Morgan fingerprint density at radius 3 is 2.41 bits per heavy atom. The fourth-order valence-corrected chi connectivity index (χ4v) is 4.72. The molecule has 172 valence electrons. The van der Waals surface area contributed by atoms with Gasteiger partial charge in [-0.2, -0.15) is 4.31 Å². The van der Waals surface area contributed by atoms with E-state index in [9.17, 15) is 8.42 Å². The maximum Gasteiger partial charge on any atom is 0.233 e. The molecule has 2 aliphatic rings. The van der Waals surface area contributed by atoms with Crippen molar-refractivity contribution >= 4 is 21.5 Å². The molecule has 0 atom stereocenters. The Balaban J connectivity index is 1.24. The van der Waals surface area contributed by atoms with E-state index in [0.29, 0.717) is 37.9 Å². The van der Waals surface area contributed by atoms with Gasteiger partial charge in [-0.05, 0) is 48.8 Å². The summed E-state index contributed by atoms with van der Waals surface area (Å²) in [5.74, 6) is 1.79. The van der Waals surface area contributed by atoms with E-state index in [0.717, 1.165) is 55.1 Å². The summed E-state index contributed by atoms with van der Waals surface area (Å²) in [6.07, 6.45) is 10.6. The molecule has 1 saturated heterocycles. The normalized spacial score (nSPS) is 18.4. The minimum atomic E-state index is -3.16. The van der Waals surface area contributed by atoms with E-state index in [2.05, 4.69) is 32.0 Å². The molecule has 0 radical (unpaired) electrons. The summed E-state index contributed by atoms with van der Waals surface area (Å²) in [4.78, 5) is 11.2. The highest BCUT2D eigenvalue weighted by atomic mass is 32.2. The van der Waals surface area contributed by atoms with Gasteiger partial charge < -0.3 is 9.64 Å². The molecule has 0 bridgehead atoms. The molecule has 1 fully saturated rings. The van der Waals surface area contributed by atoms with Crippen molar-refractivity contribution in [2.75, 3.05) is 43.9 Å². The van der Waals surface area contributed by atoms with E-state index in [1.807, 2.05) is 30.6 Å². The van der Waals surface area contributed by atoms with E-state index in [-0.39, 0.29) is 0 Å². The van der Waals surface area contributed by atoms with Gasteiger partial charge in [-0.25, -0.2) is 18.4 Å². The van der Waals surface area contributed by atoms with Crippen molar-refractivity contribution in [3.05, 3.63) is 41.9 Å². The Hall–Kier alpha value is -2.59. The first-order valence-electron chi connectivity index (χ1n) is 11.1. The van der Waals surface area contributed by atoms with Crippen LogP contribution >= 0.6 is 0 Å². The zero-order valence-corrected chi connectivity index (χ0v) is 19.5. The predicted molar refractivity (Wildman–Crippen MR) is 123 cm³/mol. The van der Waals surface area contributed by atoms with Crippen LogP contribution in [0.1, 0.15) is 37.4 Å². The van der Waals surface area contributed by atoms with E-state index in [4.69, 9.17) is 4.74 Å². The second-order valence-corrected chi connectivity index (χ2v) is 10.3. The van der Waals surface area contributed by atoms with Gasteiger partial charge in [0.15, 0.2) is 0 Å². The quantitative estimate of drug-likeness (QED) is 0.622. The van der Waals surface area contributed by atoms with Crippen molar-refractivity contribution in [2.24, 2.45) is 5.92 Å². The number of sulfonamides is 1. The molecule has 0 aliphatic carbocycles. The number of aromatic nitrogens is 4. The van der Waals surface area contributed by atoms with Gasteiger partial charge in [0.2, 0.25) is 21.9 Å². The van der Waals surface area contributed by atoms with Crippen molar-refractivity contribution in [2.45, 2.75) is 32.6 Å². The fourth-order valence-electron chi connectivity index (χ4n) is 3.95. The lowest BCUT2D eigenvalue weighted by molar-refractivity contribution is 0.214. The number of aryl methyl sites for hydroxylation is 1. The third-order valence-corrected chi connectivity index (χ3v) is 7.34. The van der Waals surface area contributed by atoms with E-state index in [1.54, 1.807) is 0 Å². The molecule has 0 N–H and O–H groups in total. The average Bonchev–Trinajstić information content (AvgIpc) is 2.83. The van der Waals surface area contributed by atoms with Gasteiger partial charge in [0.1, 0.15) is 0 Å². The van der Waals surface area contributed by atoms with Gasteiger partial charge in [-0.1, -0.05) is 13.0 Å². The highest BCUT2D eigenvalue weighted by Crippen LogP contribution is 2.24. The summed E-state index contributed by atoms with van der Waals surface area (Å²) >= 11 is 0. The molecular weight excluding hydrogens is 428 g/mol. The third kappa shape index (κ3) is 5.60. The van der Waals surface area contributed by atoms with Crippen LogP contribution < -0.4 is 9.64 Å². The first-order chi connectivity index (χ1) is 15.4. The molecule has 0 amide bonds. The number of piperidine rings is 1. The first-order valence-corrected chi connectivity index (χ1v) is 12.9. The van der Waals surface area contributed by atoms with Gasteiger partial charge >= 0.3 is 0 Å². The Labute approximate surface area is 189 Å². The number of rotatable bonds is 7. The van der Waals surface area contributed by atoms with Crippen LogP contribution in [0.25, 0.3) is 5.57 Å². The second-order valence-electron chi connectivity index (χ2n) is 8.34. The molecule has 0 saturated carbocycles. The van der Waals surface area contributed by atoms with Crippen molar-refractivity contribution in [3.63, 3.8) is 0 Å². The number of ether oxygens (including phenoxy) is 1. The summed E-state index contributed by atoms with van der Waals surface area (Å²) < 4.78 is 30.6. The summed E-state index contributed by atoms with van der Waals surface area (Å²) in [6, 6.07) is 3.73. The molecule has 4 heterocycles. The summed E-state index contributed by atoms with van der Waals surface area (Å²) in [6.45, 7) is 5.40. The lowest BCUT2D eigenvalue weighted by Gasteiger charge is -2.31. The predicted octanol–water partition coefficient (Wildman–Crippen LogP) is 2.17. The van der Waals surface area contributed by atoms with Crippen LogP contribution in [0.5, 0.6) is 5.88 Å². The maximum absolute atomic E-state index is 11.6. The van der Waals surface area contributed by atoms with Gasteiger partial charge in [-0.3, -0.25) is 0 Å². The second kappa shape index (κ2) is 9.91. The third-order valence-electron chi connectivity index (χ3n) is 6.07. The van der Waals surface area contributed by atoms with Crippen molar-refractivity contribution < 1.29 is 13.2 Å². The van der Waals surface area contributed by atoms with Crippen LogP contribution in [0.2, 0.25) is 0 Å². The van der Waals surface area contributed by atoms with Crippen LogP contribution in [0.3, 0.4) is 0 Å². The number of nitrogens with zero attached hydrogens (tertiary/aromatic N) is 6. The van der Waals surface area contributed by atoms with Crippen LogP contribution in [-0.4, -0.2) is 71.9 Å².